The molecule has 1 aliphatic heterocycles. The SMILES string of the molecule is CC(=O)N(O)CCN1CCc2ccccc21. The highest BCUT2D eigenvalue weighted by molar-refractivity contribution is 5.71. The Labute approximate surface area is 95.0 Å². The molecule has 1 amide bonds. The Hall–Kier alpha value is -1.55. The van der Waals surface area contributed by atoms with Gasteiger partial charge in [-0.05, 0) is 18.1 Å². The maximum Gasteiger partial charge on any atom is 0.242 e. The lowest BCUT2D eigenvalue weighted by Crippen LogP contribution is -2.34. The lowest BCUT2D eigenvalue weighted by molar-refractivity contribution is -0.161. The van der Waals surface area contributed by atoms with Crippen LogP contribution in [0.4, 0.5) is 5.69 Å². The molecule has 16 heavy (non-hydrogen) atoms. The second-order valence-corrected chi connectivity index (χ2v) is 4.01. The first-order valence-electron chi connectivity index (χ1n) is 5.48. The largest absolute Gasteiger partial charge is 0.369 e. The molecule has 1 aliphatic rings. The van der Waals surface area contributed by atoms with Crippen LogP contribution in [0, 0.1) is 0 Å². The van der Waals surface area contributed by atoms with Crippen molar-refractivity contribution < 1.29 is 10.0 Å². The fraction of sp³-hybridized carbons (Fsp3) is 0.417. The van der Waals surface area contributed by atoms with Gasteiger partial charge in [0, 0.05) is 25.7 Å². The number of hydrogen-bond acceptors (Lipinski definition) is 3. The monoisotopic (exact) mass is 220 g/mol. The number of amides is 1. The van der Waals surface area contributed by atoms with Gasteiger partial charge in [-0.2, -0.15) is 0 Å². The zero-order valence-corrected chi connectivity index (χ0v) is 9.39. The molecule has 0 saturated carbocycles. The molecule has 0 saturated heterocycles. The van der Waals surface area contributed by atoms with Crippen LogP contribution < -0.4 is 4.90 Å². The van der Waals surface area contributed by atoms with Crippen molar-refractivity contribution in [2.75, 3.05) is 24.5 Å². The Balaban J connectivity index is 1.96. The number of rotatable bonds is 3. The maximum absolute atomic E-state index is 10.9. The average molecular weight is 220 g/mol. The smallest absolute Gasteiger partial charge is 0.242 e. The van der Waals surface area contributed by atoms with Crippen molar-refractivity contribution in [2.45, 2.75) is 13.3 Å². The molecule has 1 heterocycles. The van der Waals surface area contributed by atoms with E-state index < -0.39 is 0 Å². The van der Waals surface area contributed by atoms with Crippen LogP contribution in [0.15, 0.2) is 24.3 Å². The van der Waals surface area contributed by atoms with Crippen molar-refractivity contribution in [1.29, 1.82) is 0 Å². The summed E-state index contributed by atoms with van der Waals surface area (Å²) in [4.78, 5) is 13.0. The van der Waals surface area contributed by atoms with Crippen molar-refractivity contribution in [1.82, 2.24) is 5.06 Å². The standard InChI is InChI=1S/C12H16N2O2/c1-10(15)14(16)9-8-13-7-6-11-4-2-3-5-12(11)13/h2-5,16H,6-9H2,1H3. The predicted molar refractivity (Wildman–Crippen MR) is 61.5 cm³/mol. The fourth-order valence-corrected chi connectivity index (χ4v) is 2.01. The lowest BCUT2D eigenvalue weighted by Gasteiger charge is -2.21. The third-order valence-electron chi connectivity index (χ3n) is 2.93. The highest BCUT2D eigenvalue weighted by Gasteiger charge is 2.18. The number of para-hydroxylation sites is 1. The van der Waals surface area contributed by atoms with Crippen LogP contribution in [0.2, 0.25) is 0 Å². The van der Waals surface area contributed by atoms with Crippen LogP contribution in [0.3, 0.4) is 0 Å². The fourth-order valence-electron chi connectivity index (χ4n) is 2.01. The topological polar surface area (TPSA) is 43.8 Å². The summed E-state index contributed by atoms with van der Waals surface area (Å²) in [5.74, 6) is -0.313. The van der Waals surface area contributed by atoms with Crippen molar-refractivity contribution in [3.63, 3.8) is 0 Å². The van der Waals surface area contributed by atoms with E-state index in [0.717, 1.165) is 18.0 Å². The number of nitrogens with zero attached hydrogens (tertiary/aromatic N) is 2. The Kier molecular flexibility index (Phi) is 3.10. The minimum absolute atomic E-state index is 0.313. The van der Waals surface area contributed by atoms with Crippen LogP contribution in [0.25, 0.3) is 0 Å². The molecule has 1 aromatic carbocycles. The summed E-state index contributed by atoms with van der Waals surface area (Å²) in [6.07, 6.45) is 1.04. The Morgan fingerprint density at radius 2 is 2.25 bits per heavy atom. The van der Waals surface area contributed by atoms with Crippen molar-refractivity contribution in [2.24, 2.45) is 0 Å². The first-order valence-corrected chi connectivity index (χ1v) is 5.48. The van der Waals surface area contributed by atoms with Gasteiger partial charge >= 0.3 is 0 Å². The normalized spacial score (nSPS) is 13.8. The molecular formula is C12H16N2O2. The summed E-state index contributed by atoms with van der Waals surface area (Å²) in [5, 5.41) is 10.1. The Bertz CT molecular complexity index is 392. The summed E-state index contributed by atoms with van der Waals surface area (Å²) in [7, 11) is 0. The number of hydrogen-bond donors (Lipinski definition) is 1. The van der Waals surface area contributed by atoms with Gasteiger partial charge in [-0.1, -0.05) is 18.2 Å². The number of fused-ring (bicyclic) bond motifs is 1. The molecule has 4 heteroatoms. The highest BCUT2D eigenvalue weighted by atomic mass is 16.5. The van der Waals surface area contributed by atoms with E-state index in [4.69, 9.17) is 0 Å². The molecule has 4 nitrogen and oxygen atoms in total. The first kappa shape index (κ1) is 11.0. The van der Waals surface area contributed by atoms with Crippen LogP contribution in [0.5, 0.6) is 0 Å². The zero-order valence-electron chi connectivity index (χ0n) is 9.39. The number of carbonyl (C=O) groups is 1. The van der Waals surface area contributed by atoms with E-state index >= 15 is 0 Å². The van der Waals surface area contributed by atoms with Gasteiger partial charge in [-0.15, -0.1) is 0 Å². The molecule has 0 unspecified atom stereocenters. The van der Waals surface area contributed by atoms with E-state index in [1.165, 1.54) is 18.2 Å². The average Bonchev–Trinajstić information content (AvgIpc) is 2.69. The Morgan fingerprint density at radius 1 is 1.50 bits per heavy atom. The van der Waals surface area contributed by atoms with Gasteiger partial charge in [0.05, 0.1) is 6.54 Å². The first-order chi connectivity index (χ1) is 7.68. The van der Waals surface area contributed by atoms with Crippen LogP contribution >= 0.6 is 0 Å². The van der Waals surface area contributed by atoms with E-state index in [1.54, 1.807) is 0 Å². The Morgan fingerprint density at radius 3 is 3.00 bits per heavy atom. The number of hydroxylamine groups is 2. The molecule has 0 radical (unpaired) electrons. The minimum atomic E-state index is -0.313. The van der Waals surface area contributed by atoms with Gasteiger partial charge in [0.15, 0.2) is 0 Å². The summed E-state index contributed by atoms with van der Waals surface area (Å²) in [6, 6.07) is 8.25. The van der Waals surface area contributed by atoms with E-state index in [0.29, 0.717) is 13.1 Å². The van der Waals surface area contributed by atoms with Gasteiger partial charge in [0.1, 0.15) is 0 Å². The van der Waals surface area contributed by atoms with Crippen molar-refractivity contribution in [3.05, 3.63) is 29.8 Å². The van der Waals surface area contributed by atoms with E-state index in [1.807, 2.05) is 12.1 Å². The second kappa shape index (κ2) is 4.53. The highest BCUT2D eigenvalue weighted by Crippen LogP contribution is 2.26. The molecular weight excluding hydrogens is 204 g/mol. The minimum Gasteiger partial charge on any atom is -0.369 e. The lowest BCUT2D eigenvalue weighted by atomic mass is 10.2. The van der Waals surface area contributed by atoms with Crippen molar-refractivity contribution >= 4 is 11.6 Å². The van der Waals surface area contributed by atoms with Crippen LogP contribution in [0.1, 0.15) is 12.5 Å². The van der Waals surface area contributed by atoms with Crippen LogP contribution in [-0.2, 0) is 11.2 Å². The second-order valence-electron chi connectivity index (χ2n) is 4.01. The molecule has 0 aliphatic carbocycles. The van der Waals surface area contributed by atoms with Gasteiger partial charge in [0.2, 0.25) is 5.91 Å². The van der Waals surface area contributed by atoms with Gasteiger partial charge < -0.3 is 4.90 Å². The molecule has 0 bridgehead atoms. The number of anilines is 1. The summed E-state index contributed by atoms with van der Waals surface area (Å²) in [6.45, 7) is 3.35. The molecule has 86 valence electrons. The van der Waals surface area contributed by atoms with E-state index in [-0.39, 0.29) is 5.91 Å². The molecule has 0 spiro atoms. The third kappa shape index (κ3) is 2.17. The van der Waals surface area contributed by atoms with Crippen LogP contribution in [-0.4, -0.2) is 35.8 Å². The van der Waals surface area contributed by atoms with Crippen molar-refractivity contribution in [3.8, 4) is 0 Å². The molecule has 2 rings (SSSR count). The van der Waals surface area contributed by atoms with Gasteiger partial charge in [-0.25, -0.2) is 5.06 Å². The quantitative estimate of drug-likeness (QED) is 0.616. The number of carbonyl (C=O) groups excluding carboxylic acids is 1. The van der Waals surface area contributed by atoms with Gasteiger partial charge in [0.25, 0.3) is 0 Å². The molecule has 0 aromatic heterocycles. The summed E-state index contributed by atoms with van der Waals surface area (Å²) < 4.78 is 0. The molecule has 0 fully saturated rings. The summed E-state index contributed by atoms with van der Waals surface area (Å²) in [5.41, 5.74) is 2.56. The van der Waals surface area contributed by atoms with Gasteiger partial charge in [-0.3, -0.25) is 10.0 Å². The molecule has 1 aromatic rings. The molecule has 1 N–H and O–H groups in total. The zero-order chi connectivity index (χ0) is 11.5. The van der Waals surface area contributed by atoms with E-state index in [9.17, 15) is 10.0 Å². The maximum atomic E-state index is 10.9. The van der Waals surface area contributed by atoms with E-state index in [2.05, 4.69) is 17.0 Å². The summed E-state index contributed by atoms with van der Waals surface area (Å²) >= 11 is 0. The molecule has 0 atom stereocenters. The third-order valence-corrected chi connectivity index (χ3v) is 2.93. The predicted octanol–water partition coefficient (Wildman–Crippen LogP) is 1.29. The number of benzene rings is 1.